The van der Waals surface area contributed by atoms with Crippen molar-refractivity contribution in [3.05, 3.63) is 57.8 Å². The Bertz CT molecular complexity index is 570. The van der Waals surface area contributed by atoms with E-state index in [1.165, 1.54) is 11.1 Å². The van der Waals surface area contributed by atoms with Crippen LogP contribution in [0.1, 0.15) is 16.7 Å². The zero-order valence-corrected chi connectivity index (χ0v) is 11.3. The molecule has 0 radical (unpaired) electrons. The fraction of sp³-hybridized carbons (Fsp3) is 0.133. The molecule has 1 heterocycles. The maximum absolute atomic E-state index is 11.7. The van der Waals surface area contributed by atoms with Gasteiger partial charge in [0.25, 0.3) is 0 Å². The Labute approximate surface area is 111 Å². The summed E-state index contributed by atoms with van der Waals surface area (Å²) >= 11 is 1.62. The third-order valence-electron chi connectivity index (χ3n) is 2.74. The van der Waals surface area contributed by atoms with E-state index in [-0.39, 0.29) is 5.91 Å². The van der Waals surface area contributed by atoms with Crippen LogP contribution in [0.15, 0.2) is 41.1 Å². The average molecular weight is 257 g/mol. The van der Waals surface area contributed by atoms with Gasteiger partial charge in [-0.05, 0) is 65.6 Å². The lowest BCUT2D eigenvalue weighted by Crippen LogP contribution is -2.07. The van der Waals surface area contributed by atoms with Crippen molar-refractivity contribution in [3.8, 4) is 0 Å². The van der Waals surface area contributed by atoms with Crippen molar-refractivity contribution < 1.29 is 4.79 Å². The van der Waals surface area contributed by atoms with E-state index in [2.05, 4.69) is 12.2 Å². The van der Waals surface area contributed by atoms with Crippen LogP contribution >= 0.6 is 11.3 Å². The predicted molar refractivity (Wildman–Crippen MR) is 77.9 cm³/mol. The molecule has 1 N–H and O–H groups in total. The highest BCUT2D eigenvalue weighted by Gasteiger charge is 1.99. The number of carbonyl (C=O) groups is 1. The van der Waals surface area contributed by atoms with Crippen LogP contribution in [0.25, 0.3) is 6.08 Å². The normalized spacial score (nSPS) is 10.8. The second kappa shape index (κ2) is 5.65. The summed E-state index contributed by atoms with van der Waals surface area (Å²) in [6, 6.07) is 7.88. The van der Waals surface area contributed by atoms with Gasteiger partial charge in [-0.2, -0.15) is 11.3 Å². The van der Waals surface area contributed by atoms with Crippen molar-refractivity contribution in [1.29, 1.82) is 0 Å². The summed E-state index contributed by atoms with van der Waals surface area (Å²) in [5.74, 6) is -0.107. The lowest BCUT2D eigenvalue weighted by molar-refractivity contribution is -0.111. The number of benzene rings is 1. The van der Waals surface area contributed by atoms with Gasteiger partial charge in [0.2, 0.25) is 5.91 Å². The van der Waals surface area contributed by atoms with Crippen molar-refractivity contribution in [1.82, 2.24) is 0 Å². The number of nitrogens with one attached hydrogen (secondary N) is 1. The van der Waals surface area contributed by atoms with Crippen LogP contribution in [0.3, 0.4) is 0 Å². The highest BCUT2D eigenvalue weighted by Crippen LogP contribution is 2.14. The molecule has 2 rings (SSSR count). The maximum Gasteiger partial charge on any atom is 0.248 e. The first-order valence-corrected chi connectivity index (χ1v) is 6.68. The summed E-state index contributed by atoms with van der Waals surface area (Å²) < 4.78 is 0. The first-order chi connectivity index (χ1) is 8.65. The number of carbonyl (C=O) groups excluding carboxylic acids is 1. The molecule has 1 aromatic carbocycles. The summed E-state index contributed by atoms with van der Waals surface area (Å²) in [5.41, 5.74) is 4.28. The third kappa shape index (κ3) is 3.31. The van der Waals surface area contributed by atoms with Crippen LogP contribution in [0, 0.1) is 13.8 Å². The van der Waals surface area contributed by atoms with Crippen molar-refractivity contribution in [2.45, 2.75) is 13.8 Å². The number of hydrogen-bond acceptors (Lipinski definition) is 2. The minimum atomic E-state index is -0.107. The second-order valence-corrected chi connectivity index (χ2v) is 4.96. The van der Waals surface area contributed by atoms with Crippen molar-refractivity contribution >= 4 is 29.0 Å². The van der Waals surface area contributed by atoms with E-state index < -0.39 is 0 Å². The van der Waals surface area contributed by atoms with E-state index in [1.54, 1.807) is 17.4 Å². The van der Waals surface area contributed by atoms with Crippen molar-refractivity contribution in [3.63, 3.8) is 0 Å². The summed E-state index contributed by atoms with van der Waals surface area (Å²) in [7, 11) is 0. The lowest BCUT2D eigenvalue weighted by atomic mass is 10.1. The highest BCUT2D eigenvalue weighted by atomic mass is 32.1. The molecular formula is C15H15NOS. The van der Waals surface area contributed by atoms with Crippen LogP contribution in [-0.4, -0.2) is 5.91 Å². The standard InChI is InChI=1S/C15H15NOS/c1-11-3-5-14(9-12(11)2)16-15(17)6-4-13-7-8-18-10-13/h3-10H,1-2H3,(H,16,17)/b6-4+. The smallest absolute Gasteiger partial charge is 0.248 e. The molecule has 0 aliphatic heterocycles. The first kappa shape index (κ1) is 12.6. The van der Waals surface area contributed by atoms with Gasteiger partial charge < -0.3 is 5.32 Å². The number of anilines is 1. The number of rotatable bonds is 3. The largest absolute Gasteiger partial charge is 0.323 e. The topological polar surface area (TPSA) is 29.1 Å². The molecule has 0 saturated carbocycles. The molecule has 0 fully saturated rings. The van der Waals surface area contributed by atoms with Crippen LogP contribution in [0.2, 0.25) is 0 Å². The third-order valence-corrected chi connectivity index (χ3v) is 3.45. The van der Waals surface area contributed by atoms with Crippen LogP contribution in [0.4, 0.5) is 5.69 Å². The highest BCUT2D eigenvalue weighted by molar-refractivity contribution is 7.08. The van der Waals surface area contributed by atoms with Gasteiger partial charge in [0.15, 0.2) is 0 Å². The average Bonchev–Trinajstić information content (AvgIpc) is 2.84. The monoisotopic (exact) mass is 257 g/mol. The van der Waals surface area contributed by atoms with Gasteiger partial charge >= 0.3 is 0 Å². The molecule has 2 nitrogen and oxygen atoms in total. The Morgan fingerprint density at radius 3 is 2.72 bits per heavy atom. The number of aryl methyl sites for hydroxylation is 2. The number of amides is 1. The van der Waals surface area contributed by atoms with Gasteiger partial charge in [-0.25, -0.2) is 0 Å². The molecule has 18 heavy (non-hydrogen) atoms. The summed E-state index contributed by atoms with van der Waals surface area (Å²) in [4.78, 5) is 11.7. The predicted octanol–water partition coefficient (Wildman–Crippen LogP) is 4.02. The fourth-order valence-electron chi connectivity index (χ4n) is 1.54. The van der Waals surface area contributed by atoms with Gasteiger partial charge in [-0.15, -0.1) is 0 Å². The Hall–Kier alpha value is -1.87. The van der Waals surface area contributed by atoms with Crippen LogP contribution in [0.5, 0.6) is 0 Å². The number of hydrogen-bond donors (Lipinski definition) is 1. The van der Waals surface area contributed by atoms with E-state index in [1.807, 2.05) is 48.0 Å². The van der Waals surface area contributed by atoms with Gasteiger partial charge in [0, 0.05) is 11.8 Å². The van der Waals surface area contributed by atoms with Crippen molar-refractivity contribution in [2.24, 2.45) is 0 Å². The summed E-state index contributed by atoms with van der Waals surface area (Å²) in [5, 5.41) is 6.84. The van der Waals surface area contributed by atoms with E-state index >= 15 is 0 Å². The minimum Gasteiger partial charge on any atom is -0.323 e. The van der Waals surface area contributed by atoms with E-state index in [0.29, 0.717) is 0 Å². The molecule has 0 spiro atoms. The van der Waals surface area contributed by atoms with Gasteiger partial charge in [0.05, 0.1) is 0 Å². The first-order valence-electron chi connectivity index (χ1n) is 5.73. The summed E-state index contributed by atoms with van der Waals surface area (Å²) in [6.07, 6.45) is 3.37. The van der Waals surface area contributed by atoms with Crippen LogP contribution in [-0.2, 0) is 4.79 Å². The maximum atomic E-state index is 11.7. The molecule has 0 atom stereocenters. The second-order valence-electron chi connectivity index (χ2n) is 4.18. The molecule has 3 heteroatoms. The van der Waals surface area contributed by atoms with Gasteiger partial charge in [-0.3, -0.25) is 4.79 Å². The summed E-state index contributed by atoms with van der Waals surface area (Å²) in [6.45, 7) is 4.09. The molecule has 0 saturated heterocycles. The Morgan fingerprint density at radius 2 is 2.06 bits per heavy atom. The minimum absolute atomic E-state index is 0.107. The Balaban J connectivity index is 2.01. The zero-order valence-electron chi connectivity index (χ0n) is 10.4. The molecule has 0 aliphatic rings. The van der Waals surface area contributed by atoms with Gasteiger partial charge in [0.1, 0.15) is 0 Å². The molecule has 1 amide bonds. The fourth-order valence-corrected chi connectivity index (χ4v) is 2.17. The lowest BCUT2D eigenvalue weighted by Gasteiger charge is -2.05. The number of thiophene rings is 1. The van der Waals surface area contributed by atoms with E-state index in [0.717, 1.165) is 11.3 Å². The van der Waals surface area contributed by atoms with Gasteiger partial charge in [-0.1, -0.05) is 6.07 Å². The Kier molecular flexibility index (Phi) is 3.95. The molecule has 92 valence electrons. The van der Waals surface area contributed by atoms with E-state index in [9.17, 15) is 4.79 Å². The zero-order chi connectivity index (χ0) is 13.0. The molecule has 2 aromatic rings. The quantitative estimate of drug-likeness (QED) is 0.827. The SMILES string of the molecule is Cc1ccc(NC(=O)/C=C/c2ccsc2)cc1C. The van der Waals surface area contributed by atoms with Crippen molar-refractivity contribution in [2.75, 3.05) is 5.32 Å². The molecule has 0 unspecified atom stereocenters. The molecular weight excluding hydrogens is 242 g/mol. The van der Waals surface area contributed by atoms with Crippen LogP contribution < -0.4 is 5.32 Å². The Morgan fingerprint density at radius 1 is 1.22 bits per heavy atom. The van der Waals surface area contributed by atoms with E-state index in [4.69, 9.17) is 0 Å². The molecule has 0 bridgehead atoms. The molecule has 1 aromatic heterocycles. The molecule has 0 aliphatic carbocycles.